The number of benzene rings is 3. The van der Waals surface area contributed by atoms with E-state index in [0.717, 1.165) is 21.9 Å². The van der Waals surface area contributed by atoms with E-state index in [0.29, 0.717) is 30.8 Å². The molecule has 3 aromatic carbocycles. The molecule has 5 nitrogen and oxygen atoms in total. The van der Waals surface area contributed by atoms with Gasteiger partial charge in [0, 0.05) is 25.2 Å². The summed E-state index contributed by atoms with van der Waals surface area (Å²) in [7, 11) is -3.49. The molecule has 3 aromatic rings. The van der Waals surface area contributed by atoms with Crippen molar-refractivity contribution < 1.29 is 13.2 Å². The van der Waals surface area contributed by atoms with Crippen LogP contribution in [0.25, 0.3) is 16.8 Å². The first-order valence-corrected chi connectivity index (χ1v) is 11.9. The normalized spacial score (nSPS) is 16.0. The molecule has 0 spiro atoms. The average molecular weight is 435 g/mol. The predicted octanol–water partition coefficient (Wildman–Crippen LogP) is 4.13. The zero-order chi connectivity index (χ0) is 21.8. The summed E-state index contributed by atoms with van der Waals surface area (Å²) in [6, 6.07) is 21.0. The summed E-state index contributed by atoms with van der Waals surface area (Å²) in [5.74, 6) is -0.159. The Hall–Kier alpha value is -2.96. The van der Waals surface area contributed by atoms with Crippen LogP contribution in [0.1, 0.15) is 24.0 Å². The van der Waals surface area contributed by atoms with Crippen molar-refractivity contribution in [1.82, 2.24) is 9.62 Å². The Morgan fingerprint density at radius 2 is 1.65 bits per heavy atom. The van der Waals surface area contributed by atoms with E-state index in [4.69, 9.17) is 0 Å². The lowest BCUT2D eigenvalue weighted by Gasteiger charge is -2.31. The van der Waals surface area contributed by atoms with Crippen LogP contribution in [0.3, 0.4) is 0 Å². The first-order valence-electron chi connectivity index (χ1n) is 10.5. The molecule has 31 heavy (non-hydrogen) atoms. The topological polar surface area (TPSA) is 66.5 Å². The van der Waals surface area contributed by atoms with Gasteiger partial charge in [0.15, 0.2) is 0 Å². The Morgan fingerprint density at radius 3 is 2.39 bits per heavy atom. The second-order valence-corrected chi connectivity index (χ2v) is 9.84. The van der Waals surface area contributed by atoms with E-state index in [1.54, 1.807) is 18.2 Å². The number of fused-ring (bicyclic) bond motifs is 1. The average Bonchev–Trinajstić information content (AvgIpc) is 2.78. The fourth-order valence-corrected chi connectivity index (χ4v) is 5.38. The zero-order valence-electron chi connectivity index (χ0n) is 17.5. The summed E-state index contributed by atoms with van der Waals surface area (Å²) in [6.45, 7) is 2.72. The third-order valence-corrected chi connectivity index (χ3v) is 7.61. The van der Waals surface area contributed by atoms with Crippen LogP contribution >= 0.6 is 0 Å². The Morgan fingerprint density at radius 1 is 0.968 bits per heavy atom. The molecule has 1 saturated heterocycles. The predicted molar refractivity (Wildman–Crippen MR) is 124 cm³/mol. The Labute approximate surface area is 183 Å². The minimum absolute atomic E-state index is 0.0332. The number of amides is 1. The van der Waals surface area contributed by atoms with Crippen LogP contribution in [-0.4, -0.2) is 37.8 Å². The Bertz CT molecular complexity index is 1200. The minimum atomic E-state index is -3.49. The molecule has 6 heteroatoms. The maximum Gasteiger partial charge on any atom is 0.244 e. The molecule has 160 valence electrons. The summed E-state index contributed by atoms with van der Waals surface area (Å²) < 4.78 is 27.1. The van der Waals surface area contributed by atoms with Crippen molar-refractivity contribution in [3.8, 4) is 0 Å². The van der Waals surface area contributed by atoms with Gasteiger partial charge in [-0.1, -0.05) is 60.2 Å². The molecule has 0 aliphatic carbocycles. The van der Waals surface area contributed by atoms with E-state index < -0.39 is 10.0 Å². The molecule has 0 unspecified atom stereocenters. The number of nitrogens with one attached hydrogen (secondary N) is 1. The molecule has 0 aromatic heterocycles. The van der Waals surface area contributed by atoms with Crippen molar-refractivity contribution in [2.45, 2.75) is 30.7 Å². The fourth-order valence-electron chi connectivity index (χ4n) is 3.91. The van der Waals surface area contributed by atoms with Gasteiger partial charge < -0.3 is 5.32 Å². The largest absolute Gasteiger partial charge is 0.350 e. The van der Waals surface area contributed by atoms with Crippen molar-refractivity contribution in [1.29, 1.82) is 0 Å². The van der Waals surface area contributed by atoms with Crippen LogP contribution in [0, 0.1) is 6.92 Å². The third-order valence-electron chi connectivity index (χ3n) is 5.70. The molecular weight excluding hydrogens is 408 g/mol. The summed E-state index contributed by atoms with van der Waals surface area (Å²) in [5, 5.41) is 5.24. The smallest absolute Gasteiger partial charge is 0.244 e. The van der Waals surface area contributed by atoms with Crippen LogP contribution < -0.4 is 5.32 Å². The summed E-state index contributed by atoms with van der Waals surface area (Å²) >= 11 is 0. The first-order chi connectivity index (χ1) is 14.9. The molecule has 1 fully saturated rings. The monoisotopic (exact) mass is 434 g/mol. The number of sulfonamides is 1. The quantitative estimate of drug-likeness (QED) is 0.614. The molecule has 1 amide bonds. The van der Waals surface area contributed by atoms with E-state index in [1.165, 1.54) is 4.31 Å². The fraction of sp³-hybridized carbons (Fsp3) is 0.240. The summed E-state index contributed by atoms with van der Waals surface area (Å²) in [5.41, 5.74) is 2.02. The van der Waals surface area contributed by atoms with Crippen molar-refractivity contribution in [3.63, 3.8) is 0 Å². The zero-order valence-corrected chi connectivity index (χ0v) is 18.3. The molecule has 0 saturated carbocycles. The molecule has 1 N–H and O–H groups in total. The molecule has 0 bridgehead atoms. The van der Waals surface area contributed by atoms with Gasteiger partial charge in [0.05, 0.1) is 4.90 Å². The highest BCUT2D eigenvalue weighted by atomic mass is 32.2. The standard InChI is InChI=1S/C25H26N2O3S/c1-19-9-12-23(13-10-19)31(29,30)27-17-15-22(16-18-27)26-25(28)14-11-21-7-4-6-20-5-2-3-8-24(20)21/h2-14,22H,15-18H2,1H3,(H,26,28)/b14-11+. The third kappa shape index (κ3) is 4.86. The van der Waals surface area contributed by atoms with Gasteiger partial charge in [-0.05, 0) is 54.3 Å². The van der Waals surface area contributed by atoms with Gasteiger partial charge in [-0.3, -0.25) is 4.79 Å². The van der Waals surface area contributed by atoms with Gasteiger partial charge in [0.2, 0.25) is 15.9 Å². The number of nitrogens with zero attached hydrogens (tertiary/aromatic N) is 1. The second-order valence-electron chi connectivity index (χ2n) is 7.90. The van der Waals surface area contributed by atoms with Gasteiger partial charge in [-0.2, -0.15) is 4.31 Å². The molecule has 1 aliphatic heterocycles. The number of aryl methyl sites for hydroxylation is 1. The maximum absolute atomic E-state index is 12.8. The second kappa shape index (κ2) is 9.04. The SMILES string of the molecule is Cc1ccc(S(=O)(=O)N2CCC(NC(=O)/C=C/c3cccc4ccccc34)CC2)cc1. The number of rotatable bonds is 5. The van der Waals surface area contributed by atoms with Gasteiger partial charge in [-0.15, -0.1) is 0 Å². The molecule has 0 radical (unpaired) electrons. The van der Waals surface area contributed by atoms with Crippen LogP contribution in [0.15, 0.2) is 77.7 Å². The van der Waals surface area contributed by atoms with Gasteiger partial charge in [0.1, 0.15) is 0 Å². The highest BCUT2D eigenvalue weighted by Gasteiger charge is 2.29. The van der Waals surface area contributed by atoms with Gasteiger partial charge >= 0.3 is 0 Å². The molecular formula is C25H26N2O3S. The van der Waals surface area contributed by atoms with Crippen LogP contribution in [0.2, 0.25) is 0 Å². The van der Waals surface area contributed by atoms with E-state index in [2.05, 4.69) is 5.32 Å². The number of carbonyl (C=O) groups excluding carboxylic acids is 1. The van der Waals surface area contributed by atoms with Crippen molar-refractivity contribution in [2.24, 2.45) is 0 Å². The van der Waals surface area contributed by atoms with Gasteiger partial charge in [-0.25, -0.2) is 8.42 Å². The lowest BCUT2D eigenvalue weighted by molar-refractivity contribution is -0.117. The lowest BCUT2D eigenvalue weighted by Crippen LogP contribution is -2.46. The first kappa shape index (κ1) is 21.3. The highest BCUT2D eigenvalue weighted by Crippen LogP contribution is 2.22. The lowest BCUT2D eigenvalue weighted by atomic mass is 10.0. The summed E-state index contributed by atoms with van der Waals surface area (Å²) in [6.07, 6.45) is 4.57. The Kier molecular flexibility index (Phi) is 6.20. The van der Waals surface area contributed by atoms with Gasteiger partial charge in [0.25, 0.3) is 0 Å². The summed E-state index contributed by atoms with van der Waals surface area (Å²) in [4.78, 5) is 12.7. The Balaban J connectivity index is 1.35. The van der Waals surface area contributed by atoms with Crippen LogP contribution in [0.4, 0.5) is 0 Å². The molecule has 1 heterocycles. The van der Waals surface area contributed by atoms with Crippen molar-refractivity contribution >= 4 is 32.8 Å². The van der Waals surface area contributed by atoms with Crippen molar-refractivity contribution in [2.75, 3.05) is 13.1 Å². The van der Waals surface area contributed by atoms with E-state index in [9.17, 15) is 13.2 Å². The maximum atomic E-state index is 12.8. The molecule has 1 aliphatic rings. The highest BCUT2D eigenvalue weighted by molar-refractivity contribution is 7.89. The molecule has 4 rings (SSSR count). The number of hydrogen-bond donors (Lipinski definition) is 1. The number of hydrogen-bond acceptors (Lipinski definition) is 3. The van der Waals surface area contributed by atoms with Crippen molar-refractivity contribution in [3.05, 3.63) is 83.9 Å². The number of piperidine rings is 1. The minimum Gasteiger partial charge on any atom is -0.350 e. The van der Waals surface area contributed by atoms with Crippen LogP contribution in [-0.2, 0) is 14.8 Å². The molecule has 0 atom stereocenters. The van der Waals surface area contributed by atoms with Crippen LogP contribution in [0.5, 0.6) is 0 Å². The van der Waals surface area contributed by atoms with E-state index >= 15 is 0 Å². The van der Waals surface area contributed by atoms with E-state index in [-0.39, 0.29) is 11.9 Å². The van der Waals surface area contributed by atoms with E-state index in [1.807, 2.05) is 67.6 Å². The number of carbonyl (C=O) groups is 1.